The lowest BCUT2D eigenvalue weighted by Crippen LogP contribution is -2.50. The van der Waals surface area contributed by atoms with Gasteiger partial charge in [-0.3, -0.25) is 9.48 Å². The van der Waals surface area contributed by atoms with Crippen molar-refractivity contribution in [2.45, 2.75) is 32.2 Å². The molecule has 3 rings (SSSR count). The SMILES string of the molecule is Cc1nn(CC(C)C)c(Cl)c1C=CC(=O)N1CCN(S(=O)(=O)c2ccccc2C#N)CC1. The van der Waals surface area contributed by atoms with Gasteiger partial charge in [-0.15, -0.1) is 0 Å². The van der Waals surface area contributed by atoms with Gasteiger partial charge >= 0.3 is 0 Å². The number of aryl methyl sites for hydroxylation is 1. The summed E-state index contributed by atoms with van der Waals surface area (Å²) >= 11 is 6.42. The second-order valence-electron chi connectivity index (χ2n) is 8.04. The summed E-state index contributed by atoms with van der Waals surface area (Å²) in [5, 5.41) is 14.1. The molecule has 2 heterocycles. The van der Waals surface area contributed by atoms with Gasteiger partial charge in [-0.1, -0.05) is 37.6 Å². The van der Waals surface area contributed by atoms with E-state index in [0.29, 0.717) is 23.2 Å². The molecular weight excluding hydrogens is 450 g/mol. The second kappa shape index (κ2) is 9.86. The first-order chi connectivity index (χ1) is 15.1. The van der Waals surface area contributed by atoms with Crippen molar-refractivity contribution in [3.05, 3.63) is 52.3 Å². The Hall–Kier alpha value is -2.67. The summed E-state index contributed by atoms with van der Waals surface area (Å²) in [6.07, 6.45) is 3.11. The number of hydrogen-bond acceptors (Lipinski definition) is 5. The third kappa shape index (κ3) is 5.04. The summed E-state index contributed by atoms with van der Waals surface area (Å²) in [4.78, 5) is 14.3. The maximum atomic E-state index is 12.9. The van der Waals surface area contributed by atoms with E-state index in [0.717, 1.165) is 5.69 Å². The standard InChI is InChI=1S/C22H26ClN5O3S/c1-16(2)15-28-22(23)19(17(3)25-28)8-9-21(29)26-10-12-27(13-11-26)32(30,31)20-7-5-4-6-18(20)14-24/h4-9,16H,10-13,15H2,1-3H3. The molecule has 32 heavy (non-hydrogen) atoms. The number of carbonyl (C=O) groups is 1. The zero-order valence-electron chi connectivity index (χ0n) is 18.3. The fourth-order valence-electron chi connectivity index (χ4n) is 3.56. The highest BCUT2D eigenvalue weighted by molar-refractivity contribution is 7.89. The van der Waals surface area contributed by atoms with Crippen molar-refractivity contribution in [3.8, 4) is 6.07 Å². The quantitative estimate of drug-likeness (QED) is 0.598. The molecule has 10 heteroatoms. The first-order valence-corrected chi connectivity index (χ1v) is 12.2. The molecule has 8 nitrogen and oxygen atoms in total. The molecule has 1 aromatic carbocycles. The summed E-state index contributed by atoms with van der Waals surface area (Å²) in [5.74, 6) is 0.171. The van der Waals surface area contributed by atoms with Gasteiger partial charge in [0.25, 0.3) is 0 Å². The van der Waals surface area contributed by atoms with E-state index >= 15 is 0 Å². The molecule has 1 saturated heterocycles. The average molecular weight is 476 g/mol. The molecule has 0 spiro atoms. The molecule has 0 bridgehead atoms. The van der Waals surface area contributed by atoms with E-state index in [9.17, 15) is 18.5 Å². The molecule has 0 N–H and O–H groups in total. The Morgan fingerprint density at radius 3 is 2.53 bits per heavy atom. The normalized spacial score (nSPS) is 15.4. The van der Waals surface area contributed by atoms with Crippen LogP contribution < -0.4 is 0 Å². The van der Waals surface area contributed by atoms with Crippen LogP contribution >= 0.6 is 11.6 Å². The Balaban J connectivity index is 1.66. The van der Waals surface area contributed by atoms with Crippen LogP contribution in [-0.2, 0) is 21.4 Å². The fraction of sp³-hybridized carbons (Fsp3) is 0.409. The minimum absolute atomic E-state index is 0.00861. The number of rotatable bonds is 6. The summed E-state index contributed by atoms with van der Waals surface area (Å²) in [6, 6.07) is 8.05. The average Bonchev–Trinajstić information content (AvgIpc) is 3.03. The van der Waals surface area contributed by atoms with Gasteiger partial charge in [0.1, 0.15) is 11.2 Å². The Morgan fingerprint density at radius 2 is 1.91 bits per heavy atom. The number of halogens is 1. The number of carbonyl (C=O) groups excluding carboxylic acids is 1. The fourth-order valence-corrected chi connectivity index (χ4v) is 5.43. The van der Waals surface area contributed by atoms with Crippen LogP contribution in [-0.4, -0.2) is 59.5 Å². The van der Waals surface area contributed by atoms with Crippen molar-refractivity contribution in [1.29, 1.82) is 5.26 Å². The summed E-state index contributed by atoms with van der Waals surface area (Å²) in [7, 11) is -3.80. The van der Waals surface area contributed by atoms with Crippen LogP contribution in [0.25, 0.3) is 6.08 Å². The molecule has 1 aliphatic rings. The number of amides is 1. The van der Waals surface area contributed by atoms with Gasteiger partial charge in [0, 0.05) is 44.4 Å². The van der Waals surface area contributed by atoms with Crippen molar-refractivity contribution in [1.82, 2.24) is 19.0 Å². The van der Waals surface area contributed by atoms with Gasteiger partial charge in [0.2, 0.25) is 15.9 Å². The van der Waals surface area contributed by atoms with Crippen molar-refractivity contribution >= 4 is 33.6 Å². The van der Waals surface area contributed by atoms with E-state index in [1.54, 1.807) is 27.8 Å². The number of nitriles is 1. The van der Waals surface area contributed by atoms with E-state index in [-0.39, 0.29) is 42.5 Å². The topological polar surface area (TPSA) is 99.3 Å². The van der Waals surface area contributed by atoms with Crippen molar-refractivity contribution in [3.63, 3.8) is 0 Å². The molecule has 0 unspecified atom stereocenters. The Kier molecular flexibility index (Phi) is 7.39. The minimum Gasteiger partial charge on any atom is -0.337 e. The highest BCUT2D eigenvalue weighted by atomic mass is 35.5. The van der Waals surface area contributed by atoms with Crippen molar-refractivity contribution in [2.75, 3.05) is 26.2 Å². The molecule has 170 valence electrons. The Labute approximate surface area is 193 Å². The second-order valence-corrected chi connectivity index (χ2v) is 10.3. The zero-order valence-corrected chi connectivity index (χ0v) is 19.9. The number of aromatic nitrogens is 2. The first kappa shape index (κ1) is 24.0. The van der Waals surface area contributed by atoms with E-state index in [1.165, 1.54) is 22.5 Å². The lowest BCUT2D eigenvalue weighted by molar-refractivity contribution is -0.127. The summed E-state index contributed by atoms with van der Waals surface area (Å²) < 4.78 is 28.9. The number of benzene rings is 1. The largest absolute Gasteiger partial charge is 0.337 e. The van der Waals surface area contributed by atoms with Crippen LogP contribution in [0.2, 0.25) is 5.15 Å². The van der Waals surface area contributed by atoms with Crippen LogP contribution in [0.4, 0.5) is 0 Å². The molecule has 1 amide bonds. The third-order valence-electron chi connectivity index (χ3n) is 5.22. The van der Waals surface area contributed by atoms with Crippen LogP contribution in [0, 0.1) is 24.2 Å². The smallest absolute Gasteiger partial charge is 0.246 e. The molecule has 0 aliphatic carbocycles. The zero-order chi connectivity index (χ0) is 23.5. The van der Waals surface area contributed by atoms with Gasteiger partial charge in [-0.2, -0.15) is 14.7 Å². The Bertz CT molecular complexity index is 1170. The predicted molar refractivity (Wildman–Crippen MR) is 122 cm³/mol. The van der Waals surface area contributed by atoms with Gasteiger partial charge < -0.3 is 4.90 Å². The number of piperazine rings is 1. The minimum atomic E-state index is -3.80. The van der Waals surface area contributed by atoms with E-state index in [2.05, 4.69) is 18.9 Å². The number of sulfonamides is 1. The van der Waals surface area contributed by atoms with Crippen molar-refractivity contribution in [2.24, 2.45) is 5.92 Å². The van der Waals surface area contributed by atoms with Gasteiger partial charge in [0.05, 0.1) is 16.2 Å². The van der Waals surface area contributed by atoms with Crippen LogP contribution in [0.5, 0.6) is 0 Å². The third-order valence-corrected chi connectivity index (χ3v) is 7.57. The number of hydrogen-bond donors (Lipinski definition) is 0. The summed E-state index contributed by atoms with van der Waals surface area (Å²) in [5.41, 5.74) is 1.56. The number of nitrogens with zero attached hydrogens (tertiary/aromatic N) is 5. The lowest BCUT2D eigenvalue weighted by atomic mass is 10.2. The molecule has 1 fully saturated rings. The van der Waals surface area contributed by atoms with Crippen LogP contribution in [0.3, 0.4) is 0 Å². The first-order valence-electron chi connectivity index (χ1n) is 10.3. The Morgan fingerprint density at radius 1 is 1.25 bits per heavy atom. The maximum Gasteiger partial charge on any atom is 0.246 e. The van der Waals surface area contributed by atoms with Gasteiger partial charge in [-0.05, 0) is 31.1 Å². The molecular formula is C22H26ClN5O3S. The highest BCUT2D eigenvalue weighted by Crippen LogP contribution is 2.23. The molecule has 0 saturated carbocycles. The molecule has 0 radical (unpaired) electrons. The van der Waals surface area contributed by atoms with Gasteiger partial charge in [0.15, 0.2) is 0 Å². The molecule has 2 aromatic rings. The maximum absolute atomic E-state index is 12.9. The molecule has 0 atom stereocenters. The lowest BCUT2D eigenvalue weighted by Gasteiger charge is -2.33. The monoisotopic (exact) mass is 475 g/mol. The van der Waals surface area contributed by atoms with Crippen molar-refractivity contribution < 1.29 is 13.2 Å². The van der Waals surface area contributed by atoms with E-state index in [4.69, 9.17) is 11.6 Å². The van der Waals surface area contributed by atoms with E-state index in [1.807, 2.05) is 13.0 Å². The van der Waals surface area contributed by atoms with Gasteiger partial charge in [-0.25, -0.2) is 8.42 Å². The van der Waals surface area contributed by atoms with E-state index < -0.39 is 10.0 Å². The molecule has 1 aliphatic heterocycles. The summed E-state index contributed by atoms with van der Waals surface area (Å²) in [6.45, 7) is 7.52. The highest BCUT2D eigenvalue weighted by Gasteiger charge is 2.31. The van der Waals surface area contributed by atoms with Crippen LogP contribution in [0.1, 0.15) is 30.7 Å². The predicted octanol–water partition coefficient (Wildman–Crippen LogP) is 2.92. The molecule has 1 aromatic heterocycles. The van der Waals surface area contributed by atoms with Crippen LogP contribution in [0.15, 0.2) is 35.2 Å².